The first-order valence-electron chi connectivity index (χ1n) is 4.87. The van der Waals surface area contributed by atoms with E-state index in [1.807, 2.05) is 6.07 Å². The molecule has 0 aliphatic rings. The number of rotatable bonds is 2. The number of aromatic nitrogens is 2. The van der Waals surface area contributed by atoms with Crippen LogP contribution in [-0.2, 0) is 0 Å². The number of Topliss-reactive ketones (excluding diaryl/α,β-unsaturated/α-hetero) is 1. The molecule has 0 saturated carbocycles. The van der Waals surface area contributed by atoms with Gasteiger partial charge < -0.3 is 5.73 Å². The molecule has 0 atom stereocenters. The second-order valence-electron chi connectivity index (χ2n) is 3.43. The van der Waals surface area contributed by atoms with Gasteiger partial charge in [-0.1, -0.05) is 11.6 Å². The maximum Gasteiger partial charge on any atom is 0.179 e. The third-order valence-electron chi connectivity index (χ3n) is 2.15. The third kappa shape index (κ3) is 2.18. The molecule has 5 nitrogen and oxygen atoms in total. The number of thiophene rings is 1. The van der Waals surface area contributed by atoms with Crippen LogP contribution in [0.2, 0.25) is 5.02 Å². The summed E-state index contributed by atoms with van der Waals surface area (Å²) in [6.45, 7) is 1.35. The first kappa shape index (κ1) is 12.5. The lowest BCUT2D eigenvalue weighted by molar-refractivity contribution is 0.101. The summed E-state index contributed by atoms with van der Waals surface area (Å²) in [5.41, 5.74) is 5.73. The molecule has 0 aliphatic heterocycles. The van der Waals surface area contributed by atoms with Crippen molar-refractivity contribution in [3.63, 3.8) is 0 Å². The van der Waals surface area contributed by atoms with E-state index in [2.05, 4.69) is 9.97 Å². The summed E-state index contributed by atoms with van der Waals surface area (Å²) in [6, 6.07) is 5.38. The summed E-state index contributed by atoms with van der Waals surface area (Å²) in [4.78, 5) is 20.7. The Balaban J connectivity index is 2.59. The molecule has 0 radical (unpaired) electrons. The lowest BCUT2D eigenvalue weighted by Crippen LogP contribution is -2.05. The van der Waals surface area contributed by atoms with E-state index in [9.17, 15) is 4.79 Å². The van der Waals surface area contributed by atoms with E-state index in [4.69, 9.17) is 22.6 Å². The molecule has 0 saturated heterocycles. The van der Waals surface area contributed by atoms with Crippen molar-refractivity contribution in [3.8, 4) is 16.8 Å². The predicted molar refractivity (Wildman–Crippen MR) is 69.5 cm³/mol. The second-order valence-corrected chi connectivity index (χ2v) is 4.89. The molecular weight excluding hydrogens is 272 g/mol. The largest absolute Gasteiger partial charge is 0.382 e. The molecule has 90 valence electrons. The van der Waals surface area contributed by atoms with E-state index in [1.54, 1.807) is 12.1 Å². The van der Waals surface area contributed by atoms with E-state index in [-0.39, 0.29) is 22.3 Å². The Morgan fingerprint density at radius 3 is 2.78 bits per heavy atom. The predicted octanol–water partition coefficient (Wildman–Crippen LogP) is 2.51. The molecule has 7 heteroatoms. The number of ketones is 1. The third-order valence-corrected chi connectivity index (χ3v) is 3.51. The number of nitrogen functional groups attached to an aromatic ring is 1. The zero-order valence-corrected chi connectivity index (χ0v) is 10.8. The molecule has 18 heavy (non-hydrogen) atoms. The molecule has 2 heterocycles. The van der Waals surface area contributed by atoms with Gasteiger partial charge >= 0.3 is 0 Å². The van der Waals surface area contributed by atoms with Gasteiger partial charge in [0, 0.05) is 6.92 Å². The number of nitrogens with two attached hydrogens (primary N) is 1. The Bertz CT molecular complexity index is 674. The maximum atomic E-state index is 11.4. The summed E-state index contributed by atoms with van der Waals surface area (Å²) in [6.07, 6.45) is 0. The standard InChI is InChI=1S/C11H7ClN4OS/c1-5(17)9-8(12)10(14)16-11(15-9)7-3-2-6(4-13)18-7/h2-3H,1H3,(H2,14,15,16). The minimum Gasteiger partial charge on any atom is -0.382 e. The summed E-state index contributed by atoms with van der Waals surface area (Å²) >= 11 is 7.09. The number of nitrogens with zero attached hydrogens (tertiary/aromatic N) is 3. The molecule has 2 rings (SSSR count). The lowest BCUT2D eigenvalue weighted by Gasteiger charge is -2.04. The van der Waals surface area contributed by atoms with Gasteiger partial charge in [-0.15, -0.1) is 11.3 Å². The molecule has 2 N–H and O–H groups in total. The summed E-state index contributed by atoms with van der Waals surface area (Å²) in [5.74, 6) is 0.0692. The van der Waals surface area contributed by atoms with Gasteiger partial charge in [-0.2, -0.15) is 5.26 Å². The molecule has 0 bridgehead atoms. The van der Waals surface area contributed by atoms with Gasteiger partial charge in [0.05, 0.1) is 4.88 Å². The van der Waals surface area contributed by atoms with Crippen LogP contribution in [0.4, 0.5) is 5.82 Å². The SMILES string of the molecule is CC(=O)c1nc(-c2ccc(C#N)s2)nc(N)c1Cl. The Morgan fingerprint density at radius 1 is 1.50 bits per heavy atom. The minimum absolute atomic E-state index is 0.0544. The van der Waals surface area contributed by atoms with Crippen molar-refractivity contribution in [2.45, 2.75) is 6.92 Å². The van der Waals surface area contributed by atoms with Crippen LogP contribution in [-0.4, -0.2) is 15.8 Å². The first-order chi connectivity index (χ1) is 8.52. The Hall–Kier alpha value is -1.97. The molecule has 0 aromatic carbocycles. The van der Waals surface area contributed by atoms with Gasteiger partial charge in [0.1, 0.15) is 27.5 Å². The topological polar surface area (TPSA) is 92.7 Å². The lowest BCUT2D eigenvalue weighted by atomic mass is 10.3. The smallest absolute Gasteiger partial charge is 0.179 e. The molecule has 0 fully saturated rings. The van der Waals surface area contributed by atoms with Crippen LogP contribution in [0.3, 0.4) is 0 Å². The van der Waals surface area contributed by atoms with Crippen LogP contribution in [0, 0.1) is 11.3 Å². The number of carbonyl (C=O) groups excluding carboxylic acids is 1. The van der Waals surface area contributed by atoms with Gasteiger partial charge in [0.25, 0.3) is 0 Å². The highest BCUT2D eigenvalue weighted by atomic mass is 35.5. The van der Waals surface area contributed by atoms with Gasteiger partial charge in [-0.05, 0) is 12.1 Å². The monoisotopic (exact) mass is 278 g/mol. The average molecular weight is 279 g/mol. The van der Waals surface area contributed by atoms with Crippen LogP contribution >= 0.6 is 22.9 Å². The zero-order chi connectivity index (χ0) is 13.3. The highest BCUT2D eigenvalue weighted by molar-refractivity contribution is 7.15. The fourth-order valence-corrected chi connectivity index (χ4v) is 2.28. The van der Waals surface area contributed by atoms with E-state index in [1.165, 1.54) is 18.3 Å². The number of halogens is 1. The maximum absolute atomic E-state index is 11.4. The molecule has 0 aliphatic carbocycles. The second kappa shape index (κ2) is 4.72. The van der Waals surface area contributed by atoms with Gasteiger partial charge in [0.15, 0.2) is 11.6 Å². The summed E-state index contributed by atoms with van der Waals surface area (Å²) < 4.78 is 0. The van der Waals surface area contributed by atoms with Crippen LogP contribution in [0.1, 0.15) is 22.3 Å². The molecule has 0 unspecified atom stereocenters. The van der Waals surface area contributed by atoms with Crippen molar-refractivity contribution >= 4 is 34.5 Å². The Kier molecular flexibility index (Phi) is 3.28. The van der Waals surface area contributed by atoms with Gasteiger partial charge in [-0.3, -0.25) is 4.79 Å². The van der Waals surface area contributed by atoms with Crippen LogP contribution in [0.25, 0.3) is 10.7 Å². The fourth-order valence-electron chi connectivity index (χ4n) is 1.33. The van der Waals surface area contributed by atoms with Crippen molar-refractivity contribution in [2.24, 2.45) is 0 Å². The number of anilines is 1. The van der Waals surface area contributed by atoms with Gasteiger partial charge in [0.2, 0.25) is 0 Å². The molecular formula is C11H7ClN4OS. The Morgan fingerprint density at radius 2 is 2.22 bits per heavy atom. The van der Waals surface area contributed by atoms with E-state index in [0.717, 1.165) is 0 Å². The zero-order valence-electron chi connectivity index (χ0n) is 9.27. The Labute approximate surface area is 112 Å². The first-order valence-corrected chi connectivity index (χ1v) is 6.06. The van der Waals surface area contributed by atoms with Crippen LogP contribution < -0.4 is 5.73 Å². The van der Waals surface area contributed by atoms with Crippen LogP contribution in [0.15, 0.2) is 12.1 Å². The number of hydrogen-bond acceptors (Lipinski definition) is 6. The fraction of sp³-hybridized carbons (Fsp3) is 0.0909. The van der Waals surface area contributed by atoms with E-state index >= 15 is 0 Å². The van der Waals surface area contributed by atoms with E-state index < -0.39 is 0 Å². The highest BCUT2D eigenvalue weighted by Crippen LogP contribution is 2.29. The summed E-state index contributed by atoms with van der Waals surface area (Å²) in [5, 5.41) is 8.82. The van der Waals surface area contributed by atoms with E-state index in [0.29, 0.717) is 15.6 Å². The average Bonchev–Trinajstić information content (AvgIpc) is 2.80. The van der Waals surface area contributed by atoms with Gasteiger partial charge in [-0.25, -0.2) is 9.97 Å². The summed E-state index contributed by atoms with van der Waals surface area (Å²) in [7, 11) is 0. The number of carbonyl (C=O) groups is 1. The molecule has 2 aromatic rings. The normalized spacial score (nSPS) is 10.1. The van der Waals surface area contributed by atoms with Crippen molar-refractivity contribution < 1.29 is 4.79 Å². The molecule has 2 aromatic heterocycles. The molecule has 0 spiro atoms. The van der Waals surface area contributed by atoms with Crippen molar-refractivity contribution in [1.29, 1.82) is 5.26 Å². The highest BCUT2D eigenvalue weighted by Gasteiger charge is 2.16. The number of hydrogen-bond donors (Lipinski definition) is 1. The quantitative estimate of drug-likeness (QED) is 0.852. The van der Waals surface area contributed by atoms with Crippen LogP contribution in [0.5, 0.6) is 0 Å². The van der Waals surface area contributed by atoms with Crippen molar-refractivity contribution in [2.75, 3.05) is 5.73 Å². The van der Waals surface area contributed by atoms with Crippen molar-refractivity contribution in [1.82, 2.24) is 9.97 Å². The van der Waals surface area contributed by atoms with Crippen molar-refractivity contribution in [3.05, 3.63) is 27.7 Å². The number of nitriles is 1. The molecule has 0 amide bonds. The minimum atomic E-state index is -0.285.